The number of likely N-dealkylation sites (N-methyl/N-ethyl adjacent to an activating group) is 1. The fraction of sp³-hybridized carbons (Fsp3) is 0.647. The Hall–Kier alpha value is -1.46. The number of methoxy groups -OCH3 is 1. The van der Waals surface area contributed by atoms with Gasteiger partial charge in [-0.3, -0.25) is 0 Å². The summed E-state index contributed by atoms with van der Waals surface area (Å²) in [6, 6.07) is 5.47. The maximum Gasteiger partial charge on any atom is 0.163 e. The molecule has 0 aliphatic carbocycles. The van der Waals surface area contributed by atoms with Gasteiger partial charge in [0.15, 0.2) is 11.5 Å². The number of benzene rings is 1. The van der Waals surface area contributed by atoms with Gasteiger partial charge in [-0.25, -0.2) is 0 Å². The van der Waals surface area contributed by atoms with Gasteiger partial charge in [-0.15, -0.1) is 0 Å². The van der Waals surface area contributed by atoms with Crippen molar-refractivity contribution in [2.75, 3.05) is 59.2 Å². The number of rotatable bonds is 6. The van der Waals surface area contributed by atoms with Crippen LogP contribution in [0.1, 0.15) is 20.3 Å². The van der Waals surface area contributed by atoms with E-state index in [9.17, 15) is 0 Å². The van der Waals surface area contributed by atoms with Gasteiger partial charge in [-0.1, -0.05) is 13.8 Å². The summed E-state index contributed by atoms with van der Waals surface area (Å²) in [6.45, 7) is 10.4. The molecule has 1 aromatic rings. The van der Waals surface area contributed by atoms with E-state index in [1.54, 1.807) is 7.11 Å². The first kappa shape index (κ1) is 18.6. The third-order valence-electron chi connectivity index (χ3n) is 3.66. The lowest BCUT2D eigenvalue weighted by Gasteiger charge is -2.32. The van der Waals surface area contributed by atoms with Crippen LogP contribution in [0, 0.1) is 0 Å². The van der Waals surface area contributed by atoms with E-state index in [-0.39, 0.29) is 0 Å². The zero-order chi connectivity index (χ0) is 16.4. The fourth-order valence-corrected chi connectivity index (χ4v) is 2.35. The van der Waals surface area contributed by atoms with Gasteiger partial charge >= 0.3 is 0 Å². The molecular formula is C17H31N3O2. The highest BCUT2D eigenvalue weighted by molar-refractivity contribution is 5.51. The van der Waals surface area contributed by atoms with Crippen molar-refractivity contribution in [2.45, 2.75) is 20.3 Å². The van der Waals surface area contributed by atoms with E-state index in [1.807, 2.05) is 32.0 Å². The van der Waals surface area contributed by atoms with Gasteiger partial charge < -0.3 is 25.0 Å². The quantitative estimate of drug-likeness (QED) is 0.645. The largest absolute Gasteiger partial charge is 0.493 e. The van der Waals surface area contributed by atoms with Gasteiger partial charge in [0.25, 0.3) is 0 Å². The first-order valence-electron chi connectivity index (χ1n) is 8.16. The average molecular weight is 309 g/mol. The zero-order valence-corrected chi connectivity index (χ0v) is 14.5. The van der Waals surface area contributed by atoms with Crippen LogP contribution in [0.3, 0.4) is 0 Å². The molecule has 0 spiro atoms. The van der Waals surface area contributed by atoms with Crippen molar-refractivity contribution in [3.8, 4) is 11.5 Å². The molecule has 5 heteroatoms. The topological polar surface area (TPSA) is 51.0 Å². The van der Waals surface area contributed by atoms with Crippen LogP contribution in [-0.2, 0) is 0 Å². The maximum atomic E-state index is 5.78. The van der Waals surface area contributed by atoms with Gasteiger partial charge in [-0.05, 0) is 25.6 Å². The molecule has 1 aromatic carbocycles. The Morgan fingerprint density at radius 2 is 1.77 bits per heavy atom. The first-order valence-corrected chi connectivity index (χ1v) is 8.16. The van der Waals surface area contributed by atoms with Gasteiger partial charge in [0.05, 0.1) is 13.7 Å². The Morgan fingerprint density at radius 3 is 2.41 bits per heavy atom. The second-order valence-electron chi connectivity index (χ2n) is 5.26. The molecule has 0 unspecified atom stereocenters. The second kappa shape index (κ2) is 10.3. The molecule has 1 aliphatic heterocycles. The standard InChI is InChI=1S/C15H25N3O2.C2H6/c1-17-7-9-18(10-8-17)6-3-11-20-15-12-13(16)4-5-14(15)19-2;1-2/h4-5,12H,3,6-11,16H2,1-2H3;1-2H3. The fourth-order valence-electron chi connectivity index (χ4n) is 2.35. The second-order valence-corrected chi connectivity index (χ2v) is 5.26. The molecule has 0 radical (unpaired) electrons. The molecule has 0 atom stereocenters. The van der Waals surface area contributed by atoms with Gasteiger partial charge in [-0.2, -0.15) is 0 Å². The van der Waals surface area contributed by atoms with Crippen LogP contribution in [0.4, 0.5) is 5.69 Å². The molecule has 1 heterocycles. The van der Waals surface area contributed by atoms with Crippen LogP contribution < -0.4 is 15.2 Å². The van der Waals surface area contributed by atoms with Crippen LogP contribution in [-0.4, -0.2) is 63.3 Å². The highest BCUT2D eigenvalue weighted by atomic mass is 16.5. The van der Waals surface area contributed by atoms with Gasteiger partial charge in [0.2, 0.25) is 0 Å². The van der Waals surface area contributed by atoms with Gasteiger partial charge in [0, 0.05) is 44.5 Å². The maximum absolute atomic E-state index is 5.78. The minimum atomic E-state index is 0.687. The molecule has 1 saturated heterocycles. The van der Waals surface area contributed by atoms with E-state index < -0.39 is 0 Å². The Kier molecular flexibility index (Phi) is 8.70. The summed E-state index contributed by atoms with van der Waals surface area (Å²) in [4.78, 5) is 4.85. The Balaban J connectivity index is 0.00000116. The predicted octanol–water partition coefficient (Wildman–Crippen LogP) is 2.32. The van der Waals surface area contributed by atoms with Gasteiger partial charge in [0.1, 0.15) is 0 Å². The summed E-state index contributed by atoms with van der Waals surface area (Å²) in [5, 5.41) is 0. The molecule has 2 rings (SSSR count). The summed E-state index contributed by atoms with van der Waals surface area (Å²) in [5.74, 6) is 1.46. The normalized spacial score (nSPS) is 15.8. The summed E-state index contributed by atoms with van der Waals surface area (Å²) in [6.07, 6.45) is 1.02. The number of nitrogen functional groups attached to an aromatic ring is 1. The lowest BCUT2D eigenvalue weighted by molar-refractivity contribution is 0.145. The SMILES string of the molecule is CC.COc1ccc(N)cc1OCCCN1CCN(C)CC1. The molecule has 0 bridgehead atoms. The summed E-state index contributed by atoms with van der Waals surface area (Å²) < 4.78 is 11.0. The van der Waals surface area contributed by atoms with E-state index in [1.165, 1.54) is 0 Å². The highest BCUT2D eigenvalue weighted by Gasteiger charge is 2.13. The number of piperazine rings is 1. The van der Waals surface area contributed by atoms with Crippen LogP contribution in [0.25, 0.3) is 0 Å². The van der Waals surface area contributed by atoms with Crippen LogP contribution in [0.15, 0.2) is 18.2 Å². The number of nitrogens with two attached hydrogens (primary N) is 1. The lowest BCUT2D eigenvalue weighted by atomic mass is 10.3. The van der Waals surface area contributed by atoms with E-state index in [0.717, 1.165) is 50.6 Å². The lowest BCUT2D eigenvalue weighted by Crippen LogP contribution is -2.44. The number of hydrogen-bond donors (Lipinski definition) is 1. The van der Waals surface area contributed by atoms with E-state index in [4.69, 9.17) is 15.2 Å². The molecule has 22 heavy (non-hydrogen) atoms. The van der Waals surface area contributed by atoms with E-state index in [0.29, 0.717) is 12.3 Å². The average Bonchev–Trinajstić information content (AvgIpc) is 2.55. The molecule has 0 aromatic heterocycles. The van der Waals surface area contributed by atoms with Crippen molar-refractivity contribution in [1.82, 2.24) is 9.80 Å². The minimum absolute atomic E-state index is 0.687. The summed E-state index contributed by atoms with van der Waals surface area (Å²) in [7, 11) is 3.81. The van der Waals surface area contributed by atoms with Crippen molar-refractivity contribution >= 4 is 5.69 Å². The minimum Gasteiger partial charge on any atom is -0.493 e. The molecule has 2 N–H and O–H groups in total. The molecular weight excluding hydrogens is 278 g/mol. The third-order valence-corrected chi connectivity index (χ3v) is 3.66. The van der Waals surface area contributed by atoms with Crippen LogP contribution in [0.2, 0.25) is 0 Å². The first-order chi connectivity index (χ1) is 10.7. The van der Waals surface area contributed by atoms with Crippen molar-refractivity contribution in [3.63, 3.8) is 0 Å². The molecule has 0 amide bonds. The predicted molar refractivity (Wildman–Crippen MR) is 92.8 cm³/mol. The van der Waals surface area contributed by atoms with Crippen molar-refractivity contribution in [1.29, 1.82) is 0 Å². The van der Waals surface area contributed by atoms with Crippen molar-refractivity contribution in [2.24, 2.45) is 0 Å². The Morgan fingerprint density at radius 1 is 1.09 bits per heavy atom. The monoisotopic (exact) mass is 309 g/mol. The third kappa shape index (κ3) is 6.12. The Bertz CT molecular complexity index is 418. The number of anilines is 1. The van der Waals surface area contributed by atoms with Crippen molar-refractivity contribution in [3.05, 3.63) is 18.2 Å². The van der Waals surface area contributed by atoms with Crippen LogP contribution >= 0.6 is 0 Å². The van der Waals surface area contributed by atoms with Crippen molar-refractivity contribution < 1.29 is 9.47 Å². The molecule has 126 valence electrons. The molecule has 0 saturated carbocycles. The molecule has 1 fully saturated rings. The van der Waals surface area contributed by atoms with E-state index in [2.05, 4.69) is 16.8 Å². The molecule has 1 aliphatic rings. The number of hydrogen-bond acceptors (Lipinski definition) is 5. The van der Waals surface area contributed by atoms with Crippen LogP contribution in [0.5, 0.6) is 11.5 Å². The number of ether oxygens (including phenoxy) is 2. The summed E-state index contributed by atoms with van der Waals surface area (Å²) in [5.41, 5.74) is 6.46. The molecule has 5 nitrogen and oxygen atoms in total. The zero-order valence-electron chi connectivity index (χ0n) is 14.5. The highest BCUT2D eigenvalue weighted by Crippen LogP contribution is 2.28. The smallest absolute Gasteiger partial charge is 0.163 e. The number of nitrogens with zero attached hydrogens (tertiary/aromatic N) is 2. The van der Waals surface area contributed by atoms with E-state index >= 15 is 0 Å². The Labute approximate surface area is 135 Å². The summed E-state index contributed by atoms with van der Waals surface area (Å²) >= 11 is 0.